The van der Waals surface area contributed by atoms with Crippen molar-refractivity contribution in [1.29, 1.82) is 5.26 Å². The molecule has 2 aromatic carbocycles. The van der Waals surface area contributed by atoms with Crippen molar-refractivity contribution in [3.05, 3.63) is 128 Å². The van der Waals surface area contributed by atoms with Crippen LogP contribution in [0, 0.1) is 43.4 Å². The third kappa shape index (κ3) is 8.93. The van der Waals surface area contributed by atoms with Gasteiger partial charge in [-0.3, -0.25) is 14.4 Å². The number of aliphatic imine (C=N–C) groups is 1. The van der Waals surface area contributed by atoms with E-state index in [-0.39, 0.29) is 29.5 Å². The SMILES string of the molecule is Cc1sc2c(c1C)C(c1ccc(CC[C@@H]3CC[C@@]4(CCCN(c5ccc(C(=O)N[C@H]6CC[C@H](Oc7ccc(C#N)c(Cl)c7)CC6)nn5)C4)C3)cc1)=N[C@H](Cc1ncco1)c1nnc(C)n1-2. The van der Waals surface area contributed by atoms with Gasteiger partial charge in [-0.05, 0) is 138 Å². The minimum absolute atomic E-state index is 0.0347. The van der Waals surface area contributed by atoms with Crippen LogP contribution in [0.2, 0.25) is 5.02 Å². The molecule has 4 aliphatic rings. The van der Waals surface area contributed by atoms with E-state index in [0.29, 0.717) is 40.3 Å². The number of nitrogens with zero attached hydrogens (tertiary/aromatic N) is 9. The van der Waals surface area contributed by atoms with Gasteiger partial charge in [-0.25, -0.2) is 4.98 Å². The molecule has 4 aromatic heterocycles. The molecule has 3 fully saturated rings. The molecule has 2 aliphatic carbocycles. The summed E-state index contributed by atoms with van der Waals surface area (Å²) in [5, 5.41) is 31.9. The molecule has 1 N–H and O–H groups in total. The fourth-order valence-corrected chi connectivity index (χ4v) is 12.1. The number of nitrogens with one attached hydrogen (secondary N) is 1. The predicted octanol–water partition coefficient (Wildman–Crippen LogP) is 9.83. The molecule has 15 heteroatoms. The van der Waals surface area contributed by atoms with Crippen molar-refractivity contribution in [2.45, 2.75) is 116 Å². The van der Waals surface area contributed by atoms with Gasteiger partial charge in [-0.1, -0.05) is 35.9 Å². The number of rotatable bonds is 11. The molecule has 13 nitrogen and oxygen atoms in total. The molecule has 2 aliphatic heterocycles. The number of amides is 1. The number of halogens is 1. The number of thiophene rings is 1. The molecule has 0 unspecified atom stereocenters. The second-order valence-corrected chi connectivity index (χ2v) is 20.1. The van der Waals surface area contributed by atoms with Crippen LogP contribution in [0.3, 0.4) is 0 Å². The van der Waals surface area contributed by atoms with Gasteiger partial charge in [-0.15, -0.1) is 31.7 Å². The van der Waals surface area contributed by atoms with Gasteiger partial charge < -0.3 is 19.4 Å². The van der Waals surface area contributed by atoms with Crippen LogP contribution in [-0.4, -0.2) is 66.8 Å². The number of aryl methyl sites for hydroxylation is 3. The first kappa shape index (κ1) is 43.0. The second kappa shape index (κ2) is 18.2. The number of fused-ring (bicyclic) bond motifs is 3. The Hall–Kier alpha value is -5.91. The number of nitriles is 1. The van der Waals surface area contributed by atoms with Gasteiger partial charge in [0.2, 0.25) is 0 Å². The number of ether oxygens (including phenoxy) is 1. The molecule has 1 saturated heterocycles. The Bertz CT molecular complexity index is 2750. The largest absolute Gasteiger partial charge is 0.490 e. The van der Waals surface area contributed by atoms with E-state index in [4.69, 9.17) is 31.0 Å². The Morgan fingerprint density at radius 3 is 2.62 bits per heavy atom. The maximum absolute atomic E-state index is 13.2. The van der Waals surface area contributed by atoms with Gasteiger partial charge >= 0.3 is 0 Å². The molecule has 6 heterocycles. The van der Waals surface area contributed by atoms with E-state index in [2.05, 4.69) is 84.3 Å². The van der Waals surface area contributed by atoms with E-state index in [9.17, 15) is 4.79 Å². The minimum atomic E-state index is -0.292. The maximum atomic E-state index is 13.2. The predicted molar refractivity (Wildman–Crippen MR) is 250 cm³/mol. The summed E-state index contributed by atoms with van der Waals surface area (Å²) in [7, 11) is 0. The Labute approximate surface area is 388 Å². The fraction of sp³-hybridized carbons (Fsp3) is 0.440. The normalized spacial score (nSPS) is 22.8. The van der Waals surface area contributed by atoms with Gasteiger partial charge in [-0.2, -0.15) is 5.26 Å². The molecule has 334 valence electrons. The summed E-state index contributed by atoms with van der Waals surface area (Å²) < 4.78 is 14.0. The average Bonchev–Trinajstić information content (AvgIpc) is 4.11. The highest BCUT2D eigenvalue weighted by Crippen LogP contribution is 2.49. The van der Waals surface area contributed by atoms with Crippen LogP contribution in [-0.2, 0) is 12.8 Å². The summed E-state index contributed by atoms with van der Waals surface area (Å²) >= 11 is 7.96. The topological polar surface area (TPSA) is 160 Å². The van der Waals surface area contributed by atoms with E-state index >= 15 is 0 Å². The minimum Gasteiger partial charge on any atom is -0.490 e. The Balaban J connectivity index is 0.731. The van der Waals surface area contributed by atoms with Crippen molar-refractivity contribution in [2.75, 3.05) is 18.0 Å². The third-order valence-electron chi connectivity index (χ3n) is 14.2. The first-order valence-electron chi connectivity index (χ1n) is 23.0. The number of benzene rings is 2. The lowest BCUT2D eigenvalue weighted by Crippen LogP contribution is -2.43. The first-order valence-corrected chi connectivity index (χ1v) is 24.2. The number of carbonyl (C=O) groups excluding carboxylic acids is 1. The first-order chi connectivity index (χ1) is 31.6. The van der Waals surface area contributed by atoms with Crippen LogP contribution < -0.4 is 15.0 Å². The Kier molecular flexibility index (Phi) is 12.0. The lowest BCUT2D eigenvalue weighted by atomic mass is 9.77. The maximum Gasteiger partial charge on any atom is 0.272 e. The molecule has 10 rings (SSSR count). The second-order valence-electron chi connectivity index (χ2n) is 18.5. The van der Waals surface area contributed by atoms with E-state index < -0.39 is 0 Å². The lowest BCUT2D eigenvalue weighted by molar-refractivity contribution is 0.0888. The molecule has 1 amide bonds. The summed E-state index contributed by atoms with van der Waals surface area (Å²) in [5.41, 5.74) is 6.87. The molecule has 0 bridgehead atoms. The van der Waals surface area contributed by atoms with Gasteiger partial charge in [0.05, 0.1) is 35.0 Å². The smallest absolute Gasteiger partial charge is 0.272 e. The molecule has 65 heavy (non-hydrogen) atoms. The standard InChI is InChI=1S/C50H53ClN10O3S/c1-30-31(2)65-49-45(30)46(55-42(26-44-53-22-24-63-44)47-59-56-32(3)61(47)49)35-9-7-33(8-10-35)5-6-34-19-21-50(27-34)20-4-23-60(29-50)43-18-17-41(57-58-43)48(62)54-37-12-15-38(16-13-37)64-39-14-11-36(28-52)40(51)25-39/h7-11,14,17-18,22,24-25,34,37-38,42H,4-6,12-13,15-16,19-21,23,26-27,29H2,1-3H3,(H,54,62)/t34-,37-,38-,42-,50+/m1/s1. The highest BCUT2D eigenvalue weighted by Gasteiger charge is 2.42. The van der Waals surface area contributed by atoms with E-state index in [1.54, 1.807) is 42.0 Å². The molecule has 6 aromatic rings. The molecular weight excluding hydrogens is 856 g/mol. The summed E-state index contributed by atoms with van der Waals surface area (Å²) in [5.74, 6) is 4.28. The number of hydrogen-bond acceptors (Lipinski definition) is 12. The van der Waals surface area contributed by atoms with Gasteiger partial charge in [0.15, 0.2) is 23.2 Å². The highest BCUT2D eigenvalue weighted by atomic mass is 35.5. The van der Waals surface area contributed by atoms with Crippen LogP contribution in [0.25, 0.3) is 5.00 Å². The van der Waals surface area contributed by atoms with Gasteiger partial charge in [0.25, 0.3) is 5.91 Å². The van der Waals surface area contributed by atoms with E-state index in [1.165, 1.54) is 48.1 Å². The third-order valence-corrected chi connectivity index (χ3v) is 15.7. The summed E-state index contributed by atoms with van der Waals surface area (Å²) in [4.78, 5) is 26.7. The van der Waals surface area contributed by atoms with Crippen molar-refractivity contribution in [3.8, 4) is 16.8 Å². The zero-order valence-corrected chi connectivity index (χ0v) is 38.7. The molecule has 2 saturated carbocycles. The van der Waals surface area contributed by atoms with E-state index in [0.717, 1.165) is 90.9 Å². The summed E-state index contributed by atoms with van der Waals surface area (Å²) in [6.07, 6.45) is 15.4. The lowest BCUT2D eigenvalue weighted by Gasteiger charge is -2.41. The molecule has 3 atom stereocenters. The number of piperidine rings is 1. The zero-order valence-electron chi connectivity index (χ0n) is 37.1. The zero-order chi connectivity index (χ0) is 44.7. The van der Waals surface area contributed by atoms with Crippen LogP contribution in [0.1, 0.15) is 131 Å². The number of oxazole rings is 1. The molecule has 1 spiro atoms. The summed E-state index contributed by atoms with van der Waals surface area (Å²) in [6.45, 7) is 8.31. The number of aromatic nitrogens is 6. The van der Waals surface area contributed by atoms with Crippen LogP contribution in [0.15, 0.2) is 76.5 Å². The monoisotopic (exact) mass is 908 g/mol. The van der Waals surface area contributed by atoms with Crippen LogP contribution in [0.5, 0.6) is 5.75 Å². The van der Waals surface area contributed by atoms with Gasteiger partial charge in [0, 0.05) is 41.2 Å². The van der Waals surface area contributed by atoms with Crippen molar-refractivity contribution < 1.29 is 13.9 Å². The van der Waals surface area contributed by atoms with Gasteiger partial charge in [0.1, 0.15) is 34.9 Å². The Morgan fingerprint density at radius 2 is 1.86 bits per heavy atom. The molecule has 0 radical (unpaired) electrons. The fourth-order valence-electron chi connectivity index (χ4n) is 10.6. The average molecular weight is 910 g/mol. The van der Waals surface area contributed by atoms with Crippen molar-refractivity contribution in [2.24, 2.45) is 16.3 Å². The summed E-state index contributed by atoms with van der Waals surface area (Å²) in [6, 6.07) is 19.8. The number of hydrogen-bond donors (Lipinski definition) is 1. The van der Waals surface area contributed by atoms with Crippen LogP contribution in [0.4, 0.5) is 5.82 Å². The van der Waals surface area contributed by atoms with Crippen molar-refractivity contribution in [1.82, 2.24) is 35.3 Å². The Morgan fingerprint density at radius 1 is 1.02 bits per heavy atom. The quantitative estimate of drug-likeness (QED) is 0.133. The highest BCUT2D eigenvalue weighted by molar-refractivity contribution is 7.15. The van der Waals surface area contributed by atoms with Crippen molar-refractivity contribution >= 4 is 40.4 Å². The molecular formula is C50H53ClN10O3S. The van der Waals surface area contributed by atoms with Crippen molar-refractivity contribution in [3.63, 3.8) is 0 Å². The number of anilines is 1. The van der Waals surface area contributed by atoms with Crippen LogP contribution >= 0.6 is 22.9 Å². The van der Waals surface area contributed by atoms with E-state index in [1.807, 2.05) is 19.1 Å². The number of carbonyl (C=O) groups is 1.